The highest BCUT2D eigenvalue weighted by molar-refractivity contribution is 4.86. The first-order chi connectivity index (χ1) is 4.34. The van der Waals surface area contributed by atoms with Gasteiger partial charge in [-0.05, 0) is 31.7 Å². The zero-order valence-electron chi connectivity index (χ0n) is 6.35. The number of piperidine rings is 1. The highest BCUT2D eigenvalue weighted by atomic mass is 14.9. The van der Waals surface area contributed by atoms with Gasteiger partial charge in [-0.2, -0.15) is 0 Å². The van der Waals surface area contributed by atoms with Crippen molar-refractivity contribution in [2.75, 3.05) is 6.54 Å². The smallest absolute Gasteiger partial charge is 0.0121 e. The van der Waals surface area contributed by atoms with Gasteiger partial charge in [0.1, 0.15) is 0 Å². The highest BCUT2D eigenvalue weighted by Crippen LogP contribution is 2.16. The van der Waals surface area contributed by atoms with Gasteiger partial charge in [-0.1, -0.05) is 13.8 Å². The second kappa shape index (κ2) is 3.21. The van der Waals surface area contributed by atoms with Crippen molar-refractivity contribution in [2.24, 2.45) is 5.92 Å². The fraction of sp³-hybridized carbons (Fsp3) is 0.875. The van der Waals surface area contributed by atoms with Crippen molar-refractivity contribution >= 4 is 0 Å². The summed E-state index contributed by atoms with van der Waals surface area (Å²) < 4.78 is 0. The topological polar surface area (TPSA) is 12.0 Å². The third-order valence-electron chi connectivity index (χ3n) is 2.19. The average Bonchev–Trinajstić information content (AvgIpc) is 1.89. The van der Waals surface area contributed by atoms with Crippen molar-refractivity contribution in [2.45, 2.75) is 32.7 Å². The first-order valence-corrected chi connectivity index (χ1v) is 3.87. The van der Waals surface area contributed by atoms with Gasteiger partial charge in [-0.3, -0.25) is 0 Å². The Morgan fingerprint density at radius 1 is 1.56 bits per heavy atom. The van der Waals surface area contributed by atoms with Crippen LogP contribution in [0.25, 0.3) is 0 Å². The minimum absolute atomic E-state index is 0.679. The summed E-state index contributed by atoms with van der Waals surface area (Å²) in [6.07, 6.45) is 5.01. The van der Waals surface area contributed by atoms with Crippen LogP contribution < -0.4 is 5.32 Å². The van der Waals surface area contributed by atoms with Gasteiger partial charge in [0.2, 0.25) is 0 Å². The SMILES string of the molecule is C[CH]C1NCCCC1C. The molecular weight excluding hydrogens is 110 g/mol. The fourth-order valence-electron chi connectivity index (χ4n) is 1.52. The molecule has 0 amide bonds. The Labute approximate surface area is 57.8 Å². The first kappa shape index (κ1) is 7.07. The molecule has 0 aromatic heterocycles. The predicted molar refractivity (Wildman–Crippen MR) is 40.2 cm³/mol. The lowest BCUT2D eigenvalue weighted by molar-refractivity contribution is 0.329. The summed E-state index contributed by atoms with van der Waals surface area (Å²) in [7, 11) is 0. The molecule has 53 valence electrons. The maximum absolute atomic E-state index is 3.46. The molecule has 9 heavy (non-hydrogen) atoms. The molecule has 0 saturated carbocycles. The molecule has 0 spiro atoms. The maximum Gasteiger partial charge on any atom is 0.0121 e. The number of hydrogen-bond donors (Lipinski definition) is 1. The van der Waals surface area contributed by atoms with Gasteiger partial charge >= 0.3 is 0 Å². The first-order valence-electron chi connectivity index (χ1n) is 3.87. The van der Waals surface area contributed by atoms with Crippen molar-refractivity contribution < 1.29 is 0 Å². The summed E-state index contributed by atoms with van der Waals surface area (Å²) in [4.78, 5) is 0. The van der Waals surface area contributed by atoms with Gasteiger partial charge in [0.05, 0.1) is 0 Å². The van der Waals surface area contributed by atoms with Crippen LogP contribution in [0, 0.1) is 12.3 Å². The predicted octanol–water partition coefficient (Wildman–Crippen LogP) is 1.60. The highest BCUT2D eigenvalue weighted by Gasteiger charge is 2.17. The third-order valence-corrected chi connectivity index (χ3v) is 2.19. The van der Waals surface area contributed by atoms with E-state index in [0.29, 0.717) is 6.04 Å². The van der Waals surface area contributed by atoms with Gasteiger partial charge in [-0.25, -0.2) is 0 Å². The van der Waals surface area contributed by atoms with Crippen LogP contribution in [0.15, 0.2) is 0 Å². The summed E-state index contributed by atoms with van der Waals surface area (Å²) in [5.74, 6) is 0.851. The Morgan fingerprint density at radius 2 is 2.33 bits per heavy atom. The van der Waals surface area contributed by atoms with Gasteiger partial charge in [0.25, 0.3) is 0 Å². The summed E-state index contributed by atoms with van der Waals surface area (Å²) in [6, 6.07) is 0.679. The number of nitrogens with one attached hydrogen (secondary N) is 1. The largest absolute Gasteiger partial charge is 0.313 e. The van der Waals surface area contributed by atoms with Gasteiger partial charge < -0.3 is 5.32 Å². The molecule has 1 nitrogen and oxygen atoms in total. The second-order valence-electron chi connectivity index (χ2n) is 2.93. The third kappa shape index (κ3) is 1.68. The normalized spacial score (nSPS) is 36.7. The van der Waals surface area contributed by atoms with Crippen LogP contribution >= 0.6 is 0 Å². The quantitative estimate of drug-likeness (QED) is 0.562. The van der Waals surface area contributed by atoms with Crippen LogP contribution in [-0.4, -0.2) is 12.6 Å². The second-order valence-corrected chi connectivity index (χ2v) is 2.93. The van der Waals surface area contributed by atoms with Gasteiger partial charge in [0, 0.05) is 6.04 Å². The lowest BCUT2D eigenvalue weighted by atomic mass is 9.91. The van der Waals surface area contributed by atoms with E-state index in [4.69, 9.17) is 0 Å². The Kier molecular flexibility index (Phi) is 2.52. The molecule has 0 bridgehead atoms. The Morgan fingerprint density at radius 3 is 2.78 bits per heavy atom. The summed E-state index contributed by atoms with van der Waals surface area (Å²) in [5.41, 5.74) is 0. The van der Waals surface area contributed by atoms with Crippen LogP contribution in [-0.2, 0) is 0 Å². The van der Waals surface area contributed by atoms with Gasteiger partial charge in [0.15, 0.2) is 0 Å². The summed E-state index contributed by atoms with van der Waals surface area (Å²) in [6.45, 7) is 5.66. The molecule has 2 atom stereocenters. The van der Waals surface area contributed by atoms with Crippen molar-refractivity contribution in [3.05, 3.63) is 6.42 Å². The molecule has 0 aliphatic carbocycles. The van der Waals surface area contributed by atoms with E-state index in [2.05, 4.69) is 25.6 Å². The van der Waals surface area contributed by atoms with E-state index in [1.54, 1.807) is 0 Å². The van der Waals surface area contributed by atoms with E-state index < -0.39 is 0 Å². The van der Waals surface area contributed by atoms with Gasteiger partial charge in [-0.15, -0.1) is 0 Å². The fourth-order valence-corrected chi connectivity index (χ4v) is 1.52. The standard InChI is InChI=1S/C8H16N/c1-3-8-7(2)5-4-6-9-8/h3,7-9H,4-6H2,1-2H3. The molecule has 2 unspecified atom stereocenters. The molecule has 1 saturated heterocycles. The van der Waals surface area contributed by atoms with Crippen LogP contribution in [0.5, 0.6) is 0 Å². The van der Waals surface area contributed by atoms with Crippen LogP contribution in [0.1, 0.15) is 26.7 Å². The van der Waals surface area contributed by atoms with E-state index in [1.807, 2.05) is 0 Å². The molecule has 1 aliphatic rings. The zero-order chi connectivity index (χ0) is 6.69. The summed E-state index contributed by atoms with van der Waals surface area (Å²) >= 11 is 0. The van der Waals surface area contributed by atoms with Crippen molar-refractivity contribution in [1.82, 2.24) is 5.32 Å². The number of rotatable bonds is 1. The molecule has 1 N–H and O–H groups in total. The molecule has 1 heteroatoms. The lowest BCUT2D eigenvalue weighted by Crippen LogP contribution is -2.39. The molecule has 1 fully saturated rings. The Bertz CT molecular complexity index is 80.6. The van der Waals surface area contributed by atoms with Crippen LogP contribution in [0.2, 0.25) is 0 Å². The minimum Gasteiger partial charge on any atom is -0.313 e. The maximum atomic E-state index is 3.46. The lowest BCUT2D eigenvalue weighted by Gasteiger charge is -2.28. The molecule has 1 radical (unpaired) electrons. The van der Waals surface area contributed by atoms with Crippen molar-refractivity contribution in [3.63, 3.8) is 0 Å². The Balaban J connectivity index is 2.30. The van der Waals surface area contributed by atoms with Crippen LogP contribution in [0.4, 0.5) is 0 Å². The molecule has 1 aliphatic heterocycles. The van der Waals surface area contributed by atoms with E-state index in [9.17, 15) is 0 Å². The van der Waals surface area contributed by atoms with E-state index in [0.717, 1.165) is 5.92 Å². The van der Waals surface area contributed by atoms with E-state index >= 15 is 0 Å². The molecule has 0 aromatic rings. The molecule has 1 heterocycles. The van der Waals surface area contributed by atoms with E-state index in [-0.39, 0.29) is 0 Å². The molecule has 1 rings (SSSR count). The summed E-state index contributed by atoms with van der Waals surface area (Å²) in [5, 5.41) is 3.46. The average molecular weight is 126 g/mol. The molecule has 0 aromatic carbocycles. The zero-order valence-corrected chi connectivity index (χ0v) is 6.35. The van der Waals surface area contributed by atoms with Crippen molar-refractivity contribution in [1.29, 1.82) is 0 Å². The van der Waals surface area contributed by atoms with E-state index in [1.165, 1.54) is 19.4 Å². The van der Waals surface area contributed by atoms with Crippen molar-refractivity contribution in [3.8, 4) is 0 Å². The molecular formula is C8H16N. The van der Waals surface area contributed by atoms with Crippen LogP contribution in [0.3, 0.4) is 0 Å². The minimum atomic E-state index is 0.679. The monoisotopic (exact) mass is 126 g/mol. The Hall–Kier alpha value is -0.0400. The number of hydrogen-bond acceptors (Lipinski definition) is 1.